The summed E-state index contributed by atoms with van der Waals surface area (Å²) in [5, 5.41) is 7.33. The molecule has 0 aliphatic heterocycles. The first kappa shape index (κ1) is 15.0. The maximum Gasteiger partial charge on any atom is 0.256 e. The van der Waals surface area contributed by atoms with E-state index in [-0.39, 0.29) is 5.91 Å². The second-order valence-corrected chi connectivity index (χ2v) is 5.36. The molecule has 0 saturated carbocycles. The summed E-state index contributed by atoms with van der Waals surface area (Å²) in [5.41, 5.74) is 3.58. The number of hydrogen-bond donors (Lipinski definition) is 1. The van der Waals surface area contributed by atoms with Gasteiger partial charge in [0.1, 0.15) is 5.82 Å². The average molecular weight is 309 g/mol. The molecule has 0 spiro atoms. The summed E-state index contributed by atoms with van der Waals surface area (Å²) in [7, 11) is 1.84. The number of nitrogens with zero attached hydrogens (tertiary/aromatic N) is 4. The first-order chi connectivity index (χ1) is 11.1. The third-order valence-corrected chi connectivity index (χ3v) is 3.86. The van der Waals surface area contributed by atoms with Gasteiger partial charge in [0.05, 0.1) is 12.0 Å². The summed E-state index contributed by atoms with van der Waals surface area (Å²) in [6, 6.07) is 7.40. The van der Waals surface area contributed by atoms with E-state index in [1.165, 1.54) is 0 Å². The lowest BCUT2D eigenvalue weighted by Gasteiger charge is -2.09. The third kappa shape index (κ3) is 2.88. The van der Waals surface area contributed by atoms with Crippen molar-refractivity contribution in [3.05, 3.63) is 59.8 Å². The standard InChI is InChI=1S/C17H19N5O/c1-4-15-12(2)20-21(3)16(15)19-17(23)13-5-7-14(8-6-13)22-10-9-18-11-22/h5-11H,4H2,1-3H3,(H,19,23). The SMILES string of the molecule is CCc1c(C)nn(C)c1NC(=O)c1ccc(-n2ccnc2)cc1. The van der Waals surface area contributed by atoms with Crippen molar-refractivity contribution >= 4 is 11.7 Å². The van der Waals surface area contributed by atoms with Gasteiger partial charge in [-0.3, -0.25) is 9.48 Å². The van der Waals surface area contributed by atoms with Crippen molar-refractivity contribution in [2.24, 2.45) is 7.05 Å². The summed E-state index contributed by atoms with van der Waals surface area (Å²) < 4.78 is 3.60. The molecule has 0 aliphatic carbocycles. The van der Waals surface area contributed by atoms with Crippen LogP contribution >= 0.6 is 0 Å². The van der Waals surface area contributed by atoms with E-state index >= 15 is 0 Å². The van der Waals surface area contributed by atoms with E-state index in [1.54, 1.807) is 29.3 Å². The number of amides is 1. The molecule has 0 atom stereocenters. The van der Waals surface area contributed by atoms with Crippen LogP contribution in [0.1, 0.15) is 28.5 Å². The van der Waals surface area contributed by atoms with Gasteiger partial charge in [-0.25, -0.2) is 4.98 Å². The van der Waals surface area contributed by atoms with Gasteiger partial charge in [-0.2, -0.15) is 5.10 Å². The Bertz CT molecular complexity index is 816. The molecular weight excluding hydrogens is 290 g/mol. The molecular formula is C17H19N5O. The van der Waals surface area contributed by atoms with Gasteiger partial charge in [-0.15, -0.1) is 0 Å². The zero-order valence-corrected chi connectivity index (χ0v) is 13.4. The summed E-state index contributed by atoms with van der Waals surface area (Å²) in [6.07, 6.45) is 6.13. The number of hydrogen-bond acceptors (Lipinski definition) is 3. The maximum atomic E-state index is 12.5. The molecule has 3 aromatic rings. The number of rotatable bonds is 4. The van der Waals surface area contributed by atoms with Crippen LogP contribution in [0.2, 0.25) is 0 Å². The minimum atomic E-state index is -0.139. The predicted molar refractivity (Wildman–Crippen MR) is 88.8 cm³/mol. The normalized spacial score (nSPS) is 10.7. The topological polar surface area (TPSA) is 64.7 Å². The van der Waals surface area contributed by atoms with Crippen LogP contribution in [0, 0.1) is 6.92 Å². The van der Waals surface area contributed by atoms with Crippen LogP contribution in [0.3, 0.4) is 0 Å². The van der Waals surface area contributed by atoms with Crippen LogP contribution in [0.15, 0.2) is 43.0 Å². The molecule has 2 aromatic heterocycles. The zero-order chi connectivity index (χ0) is 16.4. The Kier molecular flexibility index (Phi) is 3.97. The van der Waals surface area contributed by atoms with E-state index in [4.69, 9.17) is 0 Å². The Morgan fingerprint density at radius 1 is 1.26 bits per heavy atom. The highest BCUT2D eigenvalue weighted by Crippen LogP contribution is 2.20. The van der Waals surface area contributed by atoms with E-state index in [2.05, 4.69) is 22.3 Å². The molecule has 3 rings (SSSR count). The van der Waals surface area contributed by atoms with Gasteiger partial charge in [-0.05, 0) is 37.6 Å². The van der Waals surface area contributed by atoms with Gasteiger partial charge in [0.15, 0.2) is 0 Å². The van der Waals surface area contributed by atoms with Crippen molar-refractivity contribution in [3.8, 4) is 5.69 Å². The Morgan fingerprint density at radius 3 is 2.61 bits per heavy atom. The maximum absolute atomic E-state index is 12.5. The highest BCUT2D eigenvalue weighted by Gasteiger charge is 2.15. The molecule has 0 radical (unpaired) electrons. The fourth-order valence-corrected chi connectivity index (χ4v) is 2.66. The van der Waals surface area contributed by atoms with Crippen LogP contribution in [-0.2, 0) is 13.5 Å². The number of carbonyl (C=O) groups is 1. The van der Waals surface area contributed by atoms with Gasteiger partial charge in [0, 0.05) is 36.3 Å². The quantitative estimate of drug-likeness (QED) is 0.806. The summed E-state index contributed by atoms with van der Waals surface area (Å²) in [5.74, 6) is 0.619. The lowest BCUT2D eigenvalue weighted by atomic mass is 10.1. The molecule has 0 saturated heterocycles. The van der Waals surface area contributed by atoms with Crippen LogP contribution < -0.4 is 5.32 Å². The minimum absolute atomic E-state index is 0.139. The number of aromatic nitrogens is 4. The van der Waals surface area contributed by atoms with Crippen molar-refractivity contribution in [3.63, 3.8) is 0 Å². The van der Waals surface area contributed by atoms with Gasteiger partial charge >= 0.3 is 0 Å². The second-order valence-electron chi connectivity index (χ2n) is 5.36. The predicted octanol–water partition coefficient (Wildman–Crippen LogP) is 2.73. The monoisotopic (exact) mass is 309 g/mol. The summed E-state index contributed by atoms with van der Waals surface area (Å²) in [4.78, 5) is 16.5. The molecule has 0 unspecified atom stereocenters. The number of aryl methyl sites for hydroxylation is 2. The van der Waals surface area contributed by atoms with Gasteiger partial charge in [0.2, 0.25) is 0 Å². The molecule has 2 heterocycles. The molecule has 118 valence electrons. The highest BCUT2D eigenvalue weighted by atomic mass is 16.1. The molecule has 6 nitrogen and oxygen atoms in total. The van der Waals surface area contributed by atoms with Crippen LogP contribution in [0.5, 0.6) is 0 Å². The lowest BCUT2D eigenvalue weighted by Crippen LogP contribution is -2.15. The van der Waals surface area contributed by atoms with Crippen LogP contribution in [-0.4, -0.2) is 25.2 Å². The average Bonchev–Trinajstić information content (AvgIpc) is 3.16. The number of carbonyl (C=O) groups excluding carboxylic acids is 1. The fourth-order valence-electron chi connectivity index (χ4n) is 2.66. The van der Waals surface area contributed by atoms with E-state index in [1.807, 2.05) is 36.9 Å². The number of benzene rings is 1. The third-order valence-electron chi connectivity index (χ3n) is 3.86. The first-order valence-corrected chi connectivity index (χ1v) is 7.52. The Morgan fingerprint density at radius 2 is 2.00 bits per heavy atom. The van der Waals surface area contributed by atoms with Gasteiger partial charge < -0.3 is 9.88 Å². The molecule has 1 N–H and O–H groups in total. The number of imidazole rings is 1. The number of nitrogens with one attached hydrogen (secondary N) is 1. The molecule has 1 aromatic carbocycles. The molecule has 0 bridgehead atoms. The molecule has 0 fully saturated rings. The largest absolute Gasteiger partial charge is 0.307 e. The first-order valence-electron chi connectivity index (χ1n) is 7.52. The number of anilines is 1. The molecule has 6 heteroatoms. The van der Waals surface area contributed by atoms with Crippen molar-refractivity contribution in [1.82, 2.24) is 19.3 Å². The Labute approximate surface area is 134 Å². The van der Waals surface area contributed by atoms with Crippen molar-refractivity contribution in [2.75, 3.05) is 5.32 Å². The highest BCUT2D eigenvalue weighted by molar-refractivity contribution is 6.04. The molecule has 23 heavy (non-hydrogen) atoms. The van der Waals surface area contributed by atoms with Crippen molar-refractivity contribution < 1.29 is 4.79 Å². The van der Waals surface area contributed by atoms with Gasteiger partial charge in [0.25, 0.3) is 5.91 Å². The van der Waals surface area contributed by atoms with E-state index in [0.29, 0.717) is 5.56 Å². The Hall–Kier alpha value is -2.89. The van der Waals surface area contributed by atoms with Crippen LogP contribution in [0.25, 0.3) is 5.69 Å². The zero-order valence-electron chi connectivity index (χ0n) is 13.4. The van der Waals surface area contributed by atoms with E-state index < -0.39 is 0 Å². The van der Waals surface area contributed by atoms with Gasteiger partial charge in [-0.1, -0.05) is 6.92 Å². The van der Waals surface area contributed by atoms with Crippen molar-refractivity contribution in [2.45, 2.75) is 20.3 Å². The van der Waals surface area contributed by atoms with Crippen molar-refractivity contribution in [1.29, 1.82) is 0 Å². The smallest absolute Gasteiger partial charge is 0.256 e. The summed E-state index contributed by atoms with van der Waals surface area (Å²) in [6.45, 7) is 4.01. The van der Waals surface area contributed by atoms with Crippen LogP contribution in [0.4, 0.5) is 5.82 Å². The molecule has 0 aliphatic rings. The summed E-state index contributed by atoms with van der Waals surface area (Å²) >= 11 is 0. The van der Waals surface area contributed by atoms with E-state index in [0.717, 1.165) is 29.2 Å². The fraction of sp³-hybridized carbons (Fsp3) is 0.235. The minimum Gasteiger partial charge on any atom is -0.307 e. The second kappa shape index (κ2) is 6.08. The lowest BCUT2D eigenvalue weighted by molar-refractivity contribution is 0.102. The molecule has 1 amide bonds. The van der Waals surface area contributed by atoms with E-state index in [9.17, 15) is 4.79 Å². The Balaban J connectivity index is 1.81.